The lowest BCUT2D eigenvalue weighted by Gasteiger charge is -2.28. The van der Waals surface area contributed by atoms with Crippen LogP contribution in [0.15, 0.2) is 77.0 Å². The first-order valence-corrected chi connectivity index (χ1v) is 14.0. The second-order valence-corrected chi connectivity index (χ2v) is 9.71. The van der Waals surface area contributed by atoms with Crippen molar-refractivity contribution in [1.82, 2.24) is 16.1 Å². The van der Waals surface area contributed by atoms with Crippen LogP contribution in [0.3, 0.4) is 0 Å². The largest absolute Gasteiger partial charge is 0.493 e. The van der Waals surface area contributed by atoms with Gasteiger partial charge in [-0.1, -0.05) is 24.3 Å². The molecule has 3 aromatic carbocycles. The summed E-state index contributed by atoms with van der Waals surface area (Å²) >= 11 is 0. The van der Waals surface area contributed by atoms with Crippen molar-refractivity contribution in [3.8, 4) is 23.0 Å². The van der Waals surface area contributed by atoms with Gasteiger partial charge in [0.05, 0.1) is 38.7 Å². The molecule has 3 aromatic rings. The summed E-state index contributed by atoms with van der Waals surface area (Å²) in [5.74, 6) is 0.617. The van der Waals surface area contributed by atoms with Gasteiger partial charge in [0.25, 0.3) is 0 Å². The van der Waals surface area contributed by atoms with E-state index in [1.54, 1.807) is 68.4 Å². The van der Waals surface area contributed by atoms with Crippen molar-refractivity contribution in [2.75, 3.05) is 27.4 Å². The van der Waals surface area contributed by atoms with Gasteiger partial charge in [-0.05, 0) is 61.4 Å². The predicted molar refractivity (Wildman–Crippen MR) is 163 cm³/mol. The average Bonchev–Trinajstić information content (AvgIpc) is 3.03. The molecule has 0 saturated carbocycles. The number of hydrazone groups is 1. The smallest absolute Gasteiger partial charge is 0.337 e. The standard InChI is InChI=1S/C32H35FN4O8/c1-5-43-27-15-21(30-29(31(39)42-4)19(2)35-32(40)36-30)11-13-25(27)45-18-28(38)37-34-16-20-10-12-24(26(14-20)41-3)44-17-22-8-6-7-9-23(22)33/h6-16,28,30,37-38H,5,17-18H2,1-4H3,(H2,35,36,40)/b34-16-/t28-,30+/m1/s1. The molecule has 0 saturated heterocycles. The molecule has 1 heterocycles. The zero-order valence-electron chi connectivity index (χ0n) is 25.3. The third-order valence-corrected chi connectivity index (χ3v) is 6.64. The molecule has 2 amide bonds. The number of nitrogens with zero attached hydrogens (tertiary/aromatic N) is 1. The molecule has 0 fully saturated rings. The molecule has 12 nitrogen and oxygen atoms in total. The fraction of sp³-hybridized carbons (Fsp3) is 0.281. The molecule has 4 N–H and O–H groups in total. The molecule has 13 heteroatoms. The Labute approximate surface area is 259 Å². The number of hydrogen-bond acceptors (Lipinski definition) is 10. The molecule has 45 heavy (non-hydrogen) atoms. The fourth-order valence-electron chi connectivity index (χ4n) is 4.47. The van der Waals surface area contributed by atoms with Crippen LogP contribution in [0.1, 0.15) is 36.6 Å². The first kappa shape index (κ1) is 32.6. The second kappa shape index (κ2) is 15.4. The highest BCUT2D eigenvalue weighted by Crippen LogP contribution is 2.35. The van der Waals surface area contributed by atoms with Crippen molar-refractivity contribution < 1.29 is 42.8 Å². The highest BCUT2D eigenvalue weighted by Gasteiger charge is 2.32. The molecule has 1 aliphatic heterocycles. The molecule has 2 atom stereocenters. The van der Waals surface area contributed by atoms with Crippen molar-refractivity contribution >= 4 is 18.2 Å². The van der Waals surface area contributed by atoms with Crippen LogP contribution in [-0.4, -0.2) is 57.0 Å². The second-order valence-electron chi connectivity index (χ2n) is 9.71. The lowest BCUT2D eigenvalue weighted by atomic mass is 9.95. The number of halogens is 1. The number of nitrogens with one attached hydrogen (secondary N) is 3. The van der Waals surface area contributed by atoms with Crippen molar-refractivity contribution in [2.45, 2.75) is 32.7 Å². The molecular formula is C32H35FN4O8. The normalized spacial score (nSPS) is 15.2. The van der Waals surface area contributed by atoms with Crippen LogP contribution in [0.2, 0.25) is 0 Å². The third kappa shape index (κ3) is 8.42. The maximum Gasteiger partial charge on any atom is 0.337 e. The first-order valence-electron chi connectivity index (χ1n) is 14.0. The topological polar surface area (TPSA) is 149 Å². The summed E-state index contributed by atoms with van der Waals surface area (Å²) in [7, 11) is 2.76. The zero-order chi connectivity index (χ0) is 32.3. The molecule has 238 valence electrons. The Morgan fingerprint density at radius 3 is 2.53 bits per heavy atom. The van der Waals surface area contributed by atoms with Crippen LogP contribution in [0.4, 0.5) is 9.18 Å². The van der Waals surface area contributed by atoms with E-state index in [9.17, 15) is 19.1 Å². The van der Waals surface area contributed by atoms with E-state index in [1.807, 2.05) is 0 Å². The number of aliphatic hydroxyl groups excluding tert-OH is 1. The van der Waals surface area contributed by atoms with E-state index in [2.05, 4.69) is 21.2 Å². The van der Waals surface area contributed by atoms with Crippen molar-refractivity contribution in [2.24, 2.45) is 5.10 Å². The minimum absolute atomic E-state index is 0.0395. The summed E-state index contributed by atoms with van der Waals surface area (Å²) in [6.07, 6.45) is 0.301. The van der Waals surface area contributed by atoms with E-state index in [4.69, 9.17) is 23.7 Å². The Morgan fingerprint density at radius 1 is 1.04 bits per heavy atom. The molecule has 0 radical (unpaired) electrons. The van der Waals surface area contributed by atoms with Crippen LogP contribution in [-0.2, 0) is 16.1 Å². The van der Waals surface area contributed by atoms with Gasteiger partial charge in [-0.15, -0.1) is 0 Å². The zero-order valence-corrected chi connectivity index (χ0v) is 25.3. The van der Waals surface area contributed by atoms with Crippen LogP contribution >= 0.6 is 0 Å². The van der Waals surface area contributed by atoms with E-state index < -0.39 is 24.3 Å². The van der Waals surface area contributed by atoms with Crippen molar-refractivity contribution in [3.63, 3.8) is 0 Å². The van der Waals surface area contributed by atoms with Gasteiger partial charge in [0.2, 0.25) is 0 Å². The number of hydrogen-bond donors (Lipinski definition) is 4. The van der Waals surface area contributed by atoms with Crippen LogP contribution in [0.25, 0.3) is 0 Å². The number of benzene rings is 3. The Balaban J connectivity index is 1.37. The molecule has 0 aliphatic carbocycles. The minimum atomic E-state index is -1.18. The predicted octanol–water partition coefficient (Wildman–Crippen LogP) is 3.93. The van der Waals surface area contributed by atoms with Gasteiger partial charge in [0.1, 0.15) is 19.0 Å². The van der Waals surface area contributed by atoms with Crippen LogP contribution < -0.4 is 35.0 Å². The summed E-state index contributed by atoms with van der Waals surface area (Å²) in [4.78, 5) is 24.6. The summed E-state index contributed by atoms with van der Waals surface area (Å²) < 4.78 is 41.5. The number of urea groups is 1. The number of ether oxygens (including phenoxy) is 5. The van der Waals surface area contributed by atoms with Gasteiger partial charge in [-0.2, -0.15) is 5.10 Å². The Hall–Kier alpha value is -5.30. The van der Waals surface area contributed by atoms with Gasteiger partial charge in [0, 0.05) is 11.3 Å². The molecule has 1 aliphatic rings. The molecule has 0 bridgehead atoms. The average molecular weight is 623 g/mol. The molecule has 0 unspecified atom stereocenters. The fourth-order valence-corrected chi connectivity index (χ4v) is 4.47. The van der Waals surface area contributed by atoms with Gasteiger partial charge in [0.15, 0.2) is 29.2 Å². The number of esters is 1. The Bertz CT molecular complexity index is 1580. The van der Waals surface area contributed by atoms with Gasteiger partial charge < -0.3 is 39.4 Å². The SMILES string of the molecule is CCOc1cc([C@@H]2NC(=O)NC(C)=C2C(=O)OC)ccc1OC[C@@H](O)N/N=C\c1ccc(OCc2ccccc2F)c(OC)c1. The number of methoxy groups -OCH3 is 2. The van der Waals surface area contributed by atoms with Gasteiger partial charge >= 0.3 is 12.0 Å². The van der Waals surface area contributed by atoms with Crippen LogP contribution in [0.5, 0.6) is 23.0 Å². The van der Waals surface area contributed by atoms with E-state index >= 15 is 0 Å². The highest BCUT2D eigenvalue weighted by molar-refractivity contribution is 5.95. The quantitative estimate of drug-likeness (QED) is 0.0908. The summed E-state index contributed by atoms with van der Waals surface area (Å²) in [5.41, 5.74) is 4.87. The molecule has 4 rings (SSSR count). The highest BCUT2D eigenvalue weighted by atomic mass is 19.1. The lowest BCUT2D eigenvalue weighted by molar-refractivity contribution is -0.136. The number of carbonyl (C=O) groups excluding carboxylic acids is 2. The number of aliphatic hydroxyl groups is 1. The first-order chi connectivity index (χ1) is 21.7. The Morgan fingerprint density at radius 2 is 1.80 bits per heavy atom. The van der Waals surface area contributed by atoms with E-state index in [0.29, 0.717) is 52.0 Å². The number of amides is 2. The number of allylic oxidation sites excluding steroid dienone is 1. The van der Waals surface area contributed by atoms with Gasteiger partial charge in [-0.25, -0.2) is 14.0 Å². The molecule has 0 aromatic heterocycles. The van der Waals surface area contributed by atoms with Crippen LogP contribution in [0, 0.1) is 5.82 Å². The van der Waals surface area contributed by atoms with Gasteiger partial charge in [-0.3, -0.25) is 5.43 Å². The summed E-state index contributed by atoms with van der Waals surface area (Å²) in [6, 6.07) is 15.2. The van der Waals surface area contributed by atoms with Crippen molar-refractivity contribution in [3.05, 3.63) is 94.4 Å². The van der Waals surface area contributed by atoms with E-state index in [1.165, 1.54) is 26.5 Å². The number of rotatable bonds is 14. The number of carbonyl (C=O) groups is 2. The third-order valence-electron chi connectivity index (χ3n) is 6.64. The lowest BCUT2D eigenvalue weighted by Crippen LogP contribution is -2.45. The maximum absolute atomic E-state index is 13.9. The monoisotopic (exact) mass is 622 g/mol. The van der Waals surface area contributed by atoms with E-state index in [-0.39, 0.29) is 24.6 Å². The maximum atomic E-state index is 13.9. The minimum Gasteiger partial charge on any atom is -0.493 e. The molecular weight excluding hydrogens is 587 g/mol. The Kier molecular flexibility index (Phi) is 11.2. The summed E-state index contributed by atoms with van der Waals surface area (Å²) in [6.45, 7) is 3.59. The van der Waals surface area contributed by atoms with Crippen molar-refractivity contribution in [1.29, 1.82) is 0 Å². The summed E-state index contributed by atoms with van der Waals surface area (Å²) in [5, 5.41) is 19.8. The molecule has 0 spiro atoms. The van der Waals surface area contributed by atoms with E-state index in [0.717, 1.165) is 0 Å².